The molecule has 1 unspecified atom stereocenters. The molecule has 0 saturated heterocycles. The molecule has 0 bridgehead atoms. The van der Waals surface area contributed by atoms with Gasteiger partial charge in [0.15, 0.2) is 0 Å². The number of rotatable bonds is 4. The summed E-state index contributed by atoms with van der Waals surface area (Å²) in [6.45, 7) is 4.83. The minimum atomic E-state index is -0.129. The summed E-state index contributed by atoms with van der Waals surface area (Å²) in [4.78, 5) is 12.8. The predicted molar refractivity (Wildman–Crippen MR) is 52.8 cm³/mol. The maximum atomic E-state index is 11.2. The first-order valence-electron chi connectivity index (χ1n) is 4.33. The van der Waals surface area contributed by atoms with Gasteiger partial charge in [-0.05, 0) is 6.92 Å². The summed E-state index contributed by atoms with van der Waals surface area (Å²) in [5.41, 5.74) is 5.31. The lowest BCUT2D eigenvalue weighted by Crippen LogP contribution is -2.42. The number of carbonyl (C=O) groups excluding carboxylic acids is 1. The quantitative estimate of drug-likeness (QED) is 0.433. The zero-order valence-electron chi connectivity index (χ0n) is 8.42. The molecule has 0 saturated carbocycles. The van der Waals surface area contributed by atoms with E-state index in [9.17, 15) is 4.79 Å². The Morgan fingerprint density at radius 3 is 2.54 bits per heavy atom. The summed E-state index contributed by atoms with van der Waals surface area (Å²) in [5, 5.41) is 9.72. The molecule has 0 rings (SSSR count). The van der Waals surface area contributed by atoms with Crippen LogP contribution in [-0.4, -0.2) is 36.9 Å². The summed E-state index contributed by atoms with van der Waals surface area (Å²) in [6.07, 6.45) is 0. The van der Waals surface area contributed by atoms with Gasteiger partial charge in [0, 0.05) is 26.1 Å². The van der Waals surface area contributed by atoms with Crippen molar-refractivity contribution in [3.63, 3.8) is 0 Å². The van der Waals surface area contributed by atoms with Crippen molar-refractivity contribution in [1.82, 2.24) is 10.2 Å². The van der Waals surface area contributed by atoms with E-state index >= 15 is 0 Å². The highest BCUT2D eigenvalue weighted by atomic mass is 16.2. The van der Waals surface area contributed by atoms with Crippen molar-refractivity contribution in [3.8, 4) is 0 Å². The van der Waals surface area contributed by atoms with Crippen LogP contribution in [0.3, 0.4) is 0 Å². The molecule has 76 valence electrons. The molecule has 0 spiro atoms. The number of hydrogen-bond donors (Lipinski definition) is 3. The smallest absolute Gasteiger partial charge is 0.317 e. The lowest BCUT2D eigenvalue weighted by Gasteiger charge is -2.23. The monoisotopic (exact) mass is 186 g/mol. The van der Waals surface area contributed by atoms with E-state index in [1.165, 1.54) is 0 Å². The van der Waals surface area contributed by atoms with Crippen LogP contribution in [0.1, 0.15) is 13.8 Å². The van der Waals surface area contributed by atoms with Crippen LogP contribution in [-0.2, 0) is 0 Å². The minimum absolute atomic E-state index is 0.0859. The molecule has 0 heterocycles. The van der Waals surface area contributed by atoms with Gasteiger partial charge in [0.05, 0.1) is 5.84 Å². The van der Waals surface area contributed by atoms with E-state index in [1.807, 2.05) is 13.8 Å². The van der Waals surface area contributed by atoms with Gasteiger partial charge in [-0.3, -0.25) is 5.41 Å². The normalized spacial score (nSPS) is 11.9. The average molecular weight is 186 g/mol. The number of amidine groups is 1. The van der Waals surface area contributed by atoms with Crippen LogP contribution in [0.2, 0.25) is 0 Å². The molecule has 5 nitrogen and oxygen atoms in total. The van der Waals surface area contributed by atoms with Gasteiger partial charge in [0.1, 0.15) is 0 Å². The zero-order valence-corrected chi connectivity index (χ0v) is 8.42. The lowest BCUT2D eigenvalue weighted by molar-refractivity contribution is 0.199. The fourth-order valence-electron chi connectivity index (χ4n) is 0.943. The van der Waals surface area contributed by atoms with Gasteiger partial charge in [0.25, 0.3) is 0 Å². The molecule has 0 radical (unpaired) electrons. The highest BCUT2D eigenvalue weighted by molar-refractivity contribution is 5.80. The minimum Gasteiger partial charge on any atom is -0.387 e. The molecule has 0 aromatic rings. The molecule has 5 heteroatoms. The highest BCUT2D eigenvalue weighted by Crippen LogP contribution is 1.99. The maximum absolute atomic E-state index is 11.2. The Labute approximate surface area is 78.8 Å². The number of nitrogens with one attached hydrogen (secondary N) is 2. The fourth-order valence-corrected chi connectivity index (χ4v) is 0.943. The van der Waals surface area contributed by atoms with Crippen LogP contribution in [0.15, 0.2) is 0 Å². The van der Waals surface area contributed by atoms with Crippen molar-refractivity contribution in [2.24, 2.45) is 11.7 Å². The number of nitrogens with two attached hydrogens (primary N) is 1. The van der Waals surface area contributed by atoms with Crippen molar-refractivity contribution in [1.29, 1.82) is 5.41 Å². The molecule has 0 aliphatic carbocycles. The van der Waals surface area contributed by atoms with E-state index < -0.39 is 0 Å². The summed E-state index contributed by atoms with van der Waals surface area (Å²) in [6, 6.07) is -0.129. The van der Waals surface area contributed by atoms with Crippen LogP contribution >= 0.6 is 0 Å². The number of nitrogens with zero attached hydrogens (tertiary/aromatic N) is 1. The second kappa shape index (κ2) is 5.40. The van der Waals surface area contributed by atoms with Gasteiger partial charge < -0.3 is 16.0 Å². The second-order valence-electron chi connectivity index (χ2n) is 2.95. The Kier molecular flexibility index (Phi) is 4.87. The first-order chi connectivity index (χ1) is 6.02. The van der Waals surface area contributed by atoms with E-state index in [2.05, 4.69) is 5.32 Å². The average Bonchev–Trinajstić information content (AvgIpc) is 2.12. The summed E-state index contributed by atoms with van der Waals surface area (Å²) in [7, 11) is 1.59. The van der Waals surface area contributed by atoms with Crippen molar-refractivity contribution < 1.29 is 4.79 Å². The lowest BCUT2D eigenvalue weighted by atomic mass is 10.1. The second-order valence-corrected chi connectivity index (χ2v) is 2.95. The first-order valence-corrected chi connectivity index (χ1v) is 4.33. The summed E-state index contributed by atoms with van der Waals surface area (Å²) >= 11 is 0. The van der Waals surface area contributed by atoms with Crippen LogP contribution in [0.5, 0.6) is 0 Å². The van der Waals surface area contributed by atoms with Gasteiger partial charge in [-0.15, -0.1) is 0 Å². The Balaban J connectivity index is 4.12. The van der Waals surface area contributed by atoms with Gasteiger partial charge in [-0.2, -0.15) is 0 Å². The number of hydrogen-bond acceptors (Lipinski definition) is 2. The highest BCUT2D eigenvalue weighted by Gasteiger charge is 2.14. The van der Waals surface area contributed by atoms with Crippen molar-refractivity contribution in [3.05, 3.63) is 0 Å². The van der Waals surface area contributed by atoms with Crippen LogP contribution in [0.4, 0.5) is 4.79 Å². The number of carbonyl (C=O) groups is 1. The predicted octanol–water partition coefficient (Wildman–Crippen LogP) is 0.220. The summed E-state index contributed by atoms with van der Waals surface area (Å²) < 4.78 is 0. The first kappa shape index (κ1) is 11.7. The molecule has 0 aliphatic heterocycles. The van der Waals surface area contributed by atoms with E-state index in [0.29, 0.717) is 13.1 Å². The van der Waals surface area contributed by atoms with E-state index in [0.717, 1.165) is 0 Å². The SMILES string of the molecule is CCN(CC(C)C(=N)N)C(=O)NC. The van der Waals surface area contributed by atoms with E-state index in [4.69, 9.17) is 11.1 Å². The molecule has 1 atom stereocenters. The van der Waals surface area contributed by atoms with E-state index in [-0.39, 0.29) is 17.8 Å². The van der Waals surface area contributed by atoms with Gasteiger partial charge in [0.2, 0.25) is 0 Å². The van der Waals surface area contributed by atoms with Gasteiger partial charge >= 0.3 is 6.03 Å². The third-order valence-electron chi connectivity index (χ3n) is 1.91. The third-order valence-corrected chi connectivity index (χ3v) is 1.91. The van der Waals surface area contributed by atoms with Crippen molar-refractivity contribution >= 4 is 11.9 Å². The topological polar surface area (TPSA) is 82.2 Å². The molecular formula is C8H18N4O. The largest absolute Gasteiger partial charge is 0.387 e. The van der Waals surface area contributed by atoms with Crippen molar-refractivity contribution in [2.45, 2.75) is 13.8 Å². The van der Waals surface area contributed by atoms with Gasteiger partial charge in [-0.1, -0.05) is 6.92 Å². The fraction of sp³-hybridized carbons (Fsp3) is 0.750. The third kappa shape index (κ3) is 3.78. The van der Waals surface area contributed by atoms with Crippen LogP contribution < -0.4 is 11.1 Å². The zero-order chi connectivity index (χ0) is 10.4. The molecule has 0 aromatic carbocycles. The molecule has 4 N–H and O–H groups in total. The number of amides is 2. The van der Waals surface area contributed by atoms with Gasteiger partial charge in [-0.25, -0.2) is 4.79 Å². The van der Waals surface area contributed by atoms with Crippen LogP contribution in [0, 0.1) is 11.3 Å². The number of urea groups is 1. The Morgan fingerprint density at radius 2 is 2.23 bits per heavy atom. The molecular weight excluding hydrogens is 168 g/mol. The Bertz CT molecular complexity index is 193. The molecule has 2 amide bonds. The standard InChI is InChI=1S/C8H18N4O/c1-4-12(8(13)11-3)5-6(2)7(9)10/h6H,4-5H2,1-3H3,(H3,9,10)(H,11,13). The molecule has 0 fully saturated rings. The van der Waals surface area contributed by atoms with Crippen LogP contribution in [0.25, 0.3) is 0 Å². The van der Waals surface area contributed by atoms with E-state index in [1.54, 1.807) is 11.9 Å². The molecule has 0 aromatic heterocycles. The maximum Gasteiger partial charge on any atom is 0.317 e. The molecule has 13 heavy (non-hydrogen) atoms. The van der Waals surface area contributed by atoms with Crippen molar-refractivity contribution in [2.75, 3.05) is 20.1 Å². The summed E-state index contributed by atoms with van der Waals surface area (Å²) in [5.74, 6) is 0.0274. The Hall–Kier alpha value is -1.26. The molecule has 0 aliphatic rings. The Morgan fingerprint density at radius 1 is 1.69 bits per heavy atom.